The second-order valence-electron chi connectivity index (χ2n) is 3.61. The molecule has 16 heavy (non-hydrogen) atoms. The minimum Gasteiger partial charge on any atom is -0.344 e. The number of hydrogen-bond donors (Lipinski definition) is 1. The minimum atomic E-state index is -4.82. The summed E-state index contributed by atoms with van der Waals surface area (Å²) < 4.78 is 35.7. The van der Waals surface area contributed by atoms with Crippen molar-refractivity contribution >= 4 is 5.91 Å². The lowest BCUT2D eigenvalue weighted by atomic mass is 10.1. The van der Waals surface area contributed by atoms with Crippen LogP contribution in [-0.4, -0.2) is 12.1 Å². The normalized spacial score (nSPS) is 11.3. The van der Waals surface area contributed by atoms with Gasteiger partial charge in [-0.05, 0) is 25.0 Å². The Bertz CT molecular complexity index is 399. The van der Waals surface area contributed by atoms with Crippen molar-refractivity contribution in [3.8, 4) is 0 Å². The molecule has 0 saturated carbocycles. The lowest BCUT2D eigenvalue weighted by molar-refractivity contribution is -0.173. The van der Waals surface area contributed by atoms with E-state index in [1.54, 1.807) is 19.1 Å². The number of alkyl halides is 3. The lowest BCUT2D eigenvalue weighted by Crippen LogP contribution is -2.36. The smallest absolute Gasteiger partial charge is 0.344 e. The first-order valence-electron chi connectivity index (χ1n) is 4.72. The summed E-state index contributed by atoms with van der Waals surface area (Å²) in [6, 6.07) is 5.36. The average Bonchev–Trinajstić information content (AvgIpc) is 2.14. The van der Waals surface area contributed by atoms with Crippen LogP contribution in [0.25, 0.3) is 0 Å². The summed E-state index contributed by atoms with van der Waals surface area (Å²) in [5.41, 5.74) is 2.58. The van der Waals surface area contributed by atoms with E-state index in [9.17, 15) is 18.0 Å². The van der Waals surface area contributed by atoms with Crippen molar-refractivity contribution in [2.45, 2.75) is 26.6 Å². The summed E-state index contributed by atoms with van der Waals surface area (Å²) in [6.45, 7) is 3.58. The molecule has 1 aromatic rings. The highest BCUT2D eigenvalue weighted by atomic mass is 19.4. The zero-order valence-corrected chi connectivity index (χ0v) is 8.98. The Morgan fingerprint density at radius 3 is 2.44 bits per heavy atom. The van der Waals surface area contributed by atoms with Gasteiger partial charge in [0.2, 0.25) is 0 Å². The van der Waals surface area contributed by atoms with E-state index in [1.165, 1.54) is 0 Å². The minimum absolute atomic E-state index is 0.107. The van der Waals surface area contributed by atoms with E-state index in [4.69, 9.17) is 0 Å². The molecule has 0 unspecified atom stereocenters. The molecule has 0 aromatic heterocycles. The molecule has 2 nitrogen and oxygen atoms in total. The molecule has 0 aliphatic rings. The average molecular weight is 231 g/mol. The third-order valence-corrected chi connectivity index (χ3v) is 2.19. The van der Waals surface area contributed by atoms with Gasteiger partial charge in [-0.2, -0.15) is 13.2 Å². The molecule has 1 aromatic carbocycles. The van der Waals surface area contributed by atoms with Gasteiger partial charge < -0.3 is 5.32 Å². The van der Waals surface area contributed by atoms with Crippen LogP contribution in [0.4, 0.5) is 13.2 Å². The van der Waals surface area contributed by atoms with Crippen molar-refractivity contribution in [2.24, 2.45) is 0 Å². The second-order valence-corrected chi connectivity index (χ2v) is 3.61. The number of aryl methyl sites for hydroxylation is 2. The highest BCUT2D eigenvalue weighted by Gasteiger charge is 2.38. The third-order valence-electron chi connectivity index (χ3n) is 2.19. The van der Waals surface area contributed by atoms with Crippen molar-refractivity contribution in [3.05, 3.63) is 34.9 Å². The van der Waals surface area contributed by atoms with E-state index in [-0.39, 0.29) is 6.54 Å². The quantitative estimate of drug-likeness (QED) is 0.832. The van der Waals surface area contributed by atoms with Crippen LogP contribution in [0.2, 0.25) is 0 Å². The summed E-state index contributed by atoms with van der Waals surface area (Å²) >= 11 is 0. The Kier molecular flexibility index (Phi) is 3.57. The first kappa shape index (κ1) is 12.5. The van der Waals surface area contributed by atoms with Gasteiger partial charge in [0, 0.05) is 6.54 Å². The van der Waals surface area contributed by atoms with Crippen molar-refractivity contribution in [2.75, 3.05) is 0 Å². The second kappa shape index (κ2) is 4.55. The summed E-state index contributed by atoms with van der Waals surface area (Å²) in [5.74, 6) is -1.91. The van der Waals surface area contributed by atoms with E-state index in [0.717, 1.165) is 11.1 Å². The van der Waals surface area contributed by atoms with E-state index >= 15 is 0 Å². The number of halogens is 3. The van der Waals surface area contributed by atoms with Crippen LogP contribution in [0.15, 0.2) is 18.2 Å². The Labute approximate surface area is 91.5 Å². The van der Waals surface area contributed by atoms with Crippen molar-refractivity contribution in [3.63, 3.8) is 0 Å². The topological polar surface area (TPSA) is 29.1 Å². The highest BCUT2D eigenvalue weighted by Crippen LogP contribution is 2.15. The Morgan fingerprint density at radius 2 is 1.94 bits per heavy atom. The maximum atomic E-state index is 11.9. The van der Waals surface area contributed by atoms with Crippen LogP contribution in [0.1, 0.15) is 16.7 Å². The Balaban J connectivity index is 2.65. The van der Waals surface area contributed by atoms with Gasteiger partial charge in [0.1, 0.15) is 0 Å². The molecule has 1 amide bonds. The van der Waals surface area contributed by atoms with Gasteiger partial charge in [-0.1, -0.05) is 23.8 Å². The maximum Gasteiger partial charge on any atom is 0.471 e. The largest absolute Gasteiger partial charge is 0.471 e. The number of carbonyl (C=O) groups is 1. The van der Waals surface area contributed by atoms with E-state index in [0.29, 0.717) is 5.56 Å². The zero-order chi connectivity index (χ0) is 12.3. The summed E-state index contributed by atoms with van der Waals surface area (Å²) in [4.78, 5) is 10.6. The highest BCUT2D eigenvalue weighted by molar-refractivity contribution is 5.81. The number of carbonyl (C=O) groups excluding carboxylic acids is 1. The van der Waals surface area contributed by atoms with Crippen LogP contribution in [0.5, 0.6) is 0 Å². The van der Waals surface area contributed by atoms with Gasteiger partial charge in [0.15, 0.2) is 0 Å². The molecule has 0 aliphatic heterocycles. The number of nitrogens with one attached hydrogen (secondary N) is 1. The van der Waals surface area contributed by atoms with Gasteiger partial charge in [-0.25, -0.2) is 0 Å². The molecule has 88 valence electrons. The van der Waals surface area contributed by atoms with E-state index in [2.05, 4.69) is 0 Å². The van der Waals surface area contributed by atoms with E-state index < -0.39 is 12.1 Å². The zero-order valence-electron chi connectivity index (χ0n) is 8.98. The van der Waals surface area contributed by atoms with Crippen molar-refractivity contribution in [1.29, 1.82) is 0 Å². The Morgan fingerprint density at radius 1 is 1.31 bits per heavy atom. The van der Waals surface area contributed by atoms with Gasteiger partial charge in [0.05, 0.1) is 0 Å². The molecular weight excluding hydrogens is 219 g/mol. The molecule has 0 saturated heterocycles. The fourth-order valence-corrected chi connectivity index (χ4v) is 1.32. The van der Waals surface area contributed by atoms with Crippen molar-refractivity contribution in [1.82, 2.24) is 5.32 Å². The first-order chi connectivity index (χ1) is 7.30. The van der Waals surface area contributed by atoms with Crippen LogP contribution in [0, 0.1) is 13.8 Å². The lowest BCUT2D eigenvalue weighted by Gasteiger charge is -2.10. The maximum absolute atomic E-state index is 11.9. The van der Waals surface area contributed by atoms with Crippen molar-refractivity contribution < 1.29 is 18.0 Å². The molecular formula is C11H12F3NO. The predicted molar refractivity (Wildman–Crippen MR) is 53.8 cm³/mol. The standard InChI is InChI=1S/C11H12F3NO/c1-7-3-4-9(8(2)5-7)6-15-10(16)11(12,13)14/h3-5H,6H2,1-2H3,(H,15,16). The molecule has 1 rings (SSSR count). The van der Waals surface area contributed by atoms with Gasteiger partial charge >= 0.3 is 12.1 Å². The fourth-order valence-electron chi connectivity index (χ4n) is 1.32. The Hall–Kier alpha value is -1.52. The first-order valence-corrected chi connectivity index (χ1v) is 4.72. The summed E-state index contributed by atoms with van der Waals surface area (Å²) in [6.07, 6.45) is -4.82. The van der Waals surface area contributed by atoms with Crippen LogP contribution < -0.4 is 5.32 Å². The fraction of sp³-hybridized carbons (Fsp3) is 0.364. The van der Waals surface area contributed by atoms with E-state index in [1.807, 2.05) is 18.3 Å². The molecule has 1 N–H and O–H groups in total. The predicted octanol–water partition coefficient (Wildman–Crippen LogP) is 2.48. The summed E-state index contributed by atoms with van der Waals surface area (Å²) in [7, 11) is 0. The van der Waals surface area contributed by atoms with Gasteiger partial charge in [-0.15, -0.1) is 0 Å². The van der Waals surface area contributed by atoms with Crippen LogP contribution in [-0.2, 0) is 11.3 Å². The molecule has 0 radical (unpaired) electrons. The summed E-state index contributed by atoms with van der Waals surface area (Å²) in [5, 5.41) is 1.84. The van der Waals surface area contributed by atoms with Crippen LogP contribution >= 0.6 is 0 Å². The number of rotatable bonds is 2. The monoisotopic (exact) mass is 231 g/mol. The third kappa shape index (κ3) is 3.25. The molecule has 5 heteroatoms. The molecule has 0 heterocycles. The SMILES string of the molecule is Cc1ccc(CNC(=O)C(F)(F)F)c(C)c1. The number of hydrogen-bond acceptors (Lipinski definition) is 1. The molecule has 0 fully saturated rings. The molecule has 0 aliphatic carbocycles. The van der Waals surface area contributed by atoms with Crippen LogP contribution in [0.3, 0.4) is 0 Å². The number of amides is 1. The molecule has 0 spiro atoms. The van der Waals surface area contributed by atoms with Gasteiger partial charge in [0.25, 0.3) is 0 Å². The van der Waals surface area contributed by atoms with Gasteiger partial charge in [-0.3, -0.25) is 4.79 Å². The molecule has 0 atom stereocenters. The molecule has 0 bridgehead atoms. The number of benzene rings is 1.